The quantitative estimate of drug-likeness (QED) is 0.801. The number of hydrogen-bond acceptors (Lipinski definition) is 5. The minimum Gasteiger partial charge on any atom is -0.370 e. The third-order valence-corrected chi connectivity index (χ3v) is 2.59. The molecule has 0 aromatic carbocycles. The van der Waals surface area contributed by atoms with Gasteiger partial charge in [0.05, 0.1) is 12.5 Å². The third kappa shape index (κ3) is 4.21. The van der Waals surface area contributed by atoms with Crippen LogP contribution in [0.2, 0.25) is 0 Å². The van der Waals surface area contributed by atoms with E-state index in [1.165, 1.54) is 0 Å². The molecular formula is C13H21N5. The number of nitrogens with one attached hydrogen (secondary N) is 1. The molecule has 0 saturated heterocycles. The number of aromatic nitrogens is 2. The lowest BCUT2D eigenvalue weighted by Crippen LogP contribution is -2.32. The van der Waals surface area contributed by atoms with Gasteiger partial charge in [-0.2, -0.15) is 5.26 Å². The average molecular weight is 247 g/mol. The van der Waals surface area contributed by atoms with Crippen LogP contribution in [0.3, 0.4) is 0 Å². The van der Waals surface area contributed by atoms with Crippen LogP contribution in [-0.4, -0.2) is 29.1 Å². The van der Waals surface area contributed by atoms with Crippen molar-refractivity contribution in [2.24, 2.45) is 0 Å². The van der Waals surface area contributed by atoms with Crippen LogP contribution in [-0.2, 0) is 0 Å². The van der Waals surface area contributed by atoms with Gasteiger partial charge < -0.3 is 10.2 Å². The number of anilines is 2. The van der Waals surface area contributed by atoms with E-state index in [0.29, 0.717) is 19.0 Å². The Hall–Kier alpha value is -1.83. The second-order valence-electron chi connectivity index (χ2n) is 4.38. The first-order valence-electron chi connectivity index (χ1n) is 6.38. The van der Waals surface area contributed by atoms with Crippen LogP contribution >= 0.6 is 0 Å². The van der Waals surface area contributed by atoms with Gasteiger partial charge in [-0.25, -0.2) is 9.97 Å². The van der Waals surface area contributed by atoms with Gasteiger partial charge in [0.15, 0.2) is 0 Å². The Morgan fingerprint density at radius 1 is 1.44 bits per heavy atom. The Morgan fingerprint density at radius 2 is 2.22 bits per heavy atom. The fourth-order valence-electron chi connectivity index (χ4n) is 1.66. The largest absolute Gasteiger partial charge is 0.370 e. The molecule has 0 saturated carbocycles. The lowest BCUT2D eigenvalue weighted by Gasteiger charge is -2.27. The molecule has 18 heavy (non-hydrogen) atoms. The highest BCUT2D eigenvalue weighted by Crippen LogP contribution is 2.17. The van der Waals surface area contributed by atoms with E-state index in [1.807, 2.05) is 6.07 Å². The first-order valence-corrected chi connectivity index (χ1v) is 6.38. The zero-order valence-corrected chi connectivity index (χ0v) is 11.3. The van der Waals surface area contributed by atoms with Crippen molar-refractivity contribution in [3.8, 4) is 6.07 Å². The second kappa shape index (κ2) is 7.49. The molecule has 0 aliphatic carbocycles. The van der Waals surface area contributed by atoms with Crippen LogP contribution in [0.4, 0.5) is 11.6 Å². The molecule has 0 spiro atoms. The van der Waals surface area contributed by atoms with Crippen LogP contribution in [0.25, 0.3) is 0 Å². The van der Waals surface area contributed by atoms with Crippen molar-refractivity contribution in [1.29, 1.82) is 5.26 Å². The summed E-state index contributed by atoms with van der Waals surface area (Å²) >= 11 is 0. The molecule has 1 N–H and O–H groups in total. The Morgan fingerprint density at radius 3 is 2.83 bits per heavy atom. The van der Waals surface area contributed by atoms with Crippen molar-refractivity contribution in [3.63, 3.8) is 0 Å². The fourth-order valence-corrected chi connectivity index (χ4v) is 1.66. The zero-order chi connectivity index (χ0) is 13.4. The minimum atomic E-state index is 0.312. The highest BCUT2D eigenvalue weighted by molar-refractivity contribution is 5.49. The summed E-state index contributed by atoms with van der Waals surface area (Å²) in [5, 5.41) is 11.9. The zero-order valence-electron chi connectivity index (χ0n) is 11.3. The summed E-state index contributed by atoms with van der Waals surface area (Å²) in [6, 6.07) is 4.42. The molecule has 0 bridgehead atoms. The number of nitrogens with zero attached hydrogens (tertiary/aromatic N) is 4. The predicted molar refractivity (Wildman–Crippen MR) is 73.5 cm³/mol. The van der Waals surface area contributed by atoms with Crippen molar-refractivity contribution in [3.05, 3.63) is 12.4 Å². The van der Waals surface area contributed by atoms with E-state index in [1.54, 1.807) is 6.33 Å². The topological polar surface area (TPSA) is 64.8 Å². The maximum absolute atomic E-state index is 8.69. The summed E-state index contributed by atoms with van der Waals surface area (Å²) < 4.78 is 0. The molecule has 1 aromatic heterocycles. The molecule has 1 aromatic rings. The van der Waals surface area contributed by atoms with Crippen LogP contribution in [0.1, 0.15) is 33.6 Å². The lowest BCUT2D eigenvalue weighted by atomic mass is 10.3. The van der Waals surface area contributed by atoms with Crippen molar-refractivity contribution in [1.82, 2.24) is 9.97 Å². The van der Waals surface area contributed by atoms with Crippen molar-refractivity contribution < 1.29 is 0 Å². The Labute approximate surface area is 109 Å². The molecule has 0 amide bonds. The van der Waals surface area contributed by atoms with E-state index in [2.05, 4.69) is 47.0 Å². The minimum absolute atomic E-state index is 0.312. The van der Waals surface area contributed by atoms with Gasteiger partial charge in [-0.15, -0.1) is 0 Å². The van der Waals surface area contributed by atoms with Gasteiger partial charge >= 0.3 is 0 Å². The highest BCUT2D eigenvalue weighted by atomic mass is 15.2. The Balaban J connectivity index is 2.81. The second-order valence-corrected chi connectivity index (χ2v) is 4.38. The molecule has 0 aliphatic rings. The van der Waals surface area contributed by atoms with Gasteiger partial charge in [-0.3, -0.25) is 0 Å². The third-order valence-electron chi connectivity index (χ3n) is 2.59. The average Bonchev–Trinajstić information content (AvgIpc) is 2.37. The summed E-state index contributed by atoms with van der Waals surface area (Å²) in [6.45, 7) is 7.90. The van der Waals surface area contributed by atoms with Crippen molar-refractivity contribution >= 4 is 11.6 Å². The summed E-state index contributed by atoms with van der Waals surface area (Å²) in [6.07, 6.45) is 3.12. The van der Waals surface area contributed by atoms with Gasteiger partial charge in [-0.05, 0) is 20.3 Å². The van der Waals surface area contributed by atoms with Gasteiger partial charge in [0.2, 0.25) is 0 Å². The van der Waals surface area contributed by atoms with E-state index in [9.17, 15) is 0 Å². The summed E-state index contributed by atoms with van der Waals surface area (Å²) in [5.41, 5.74) is 0. The summed E-state index contributed by atoms with van der Waals surface area (Å²) in [7, 11) is 0. The maximum Gasteiger partial charge on any atom is 0.134 e. The number of rotatable bonds is 7. The van der Waals surface area contributed by atoms with Gasteiger partial charge in [-0.1, -0.05) is 6.92 Å². The fraction of sp³-hybridized carbons (Fsp3) is 0.615. The first kappa shape index (κ1) is 14.2. The molecule has 0 radical (unpaired) electrons. The highest BCUT2D eigenvalue weighted by Gasteiger charge is 2.12. The van der Waals surface area contributed by atoms with Crippen LogP contribution in [0.15, 0.2) is 12.4 Å². The van der Waals surface area contributed by atoms with E-state index < -0.39 is 0 Å². The summed E-state index contributed by atoms with van der Waals surface area (Å²) in [5.74, 6) is 1.71. The van der Waals surface area contributed by atoms with Gasteiger partial charge in [0, 0.05) is 25.2 Å². The smallest absolute Gasteiger partial charge is 0.134 e. The molecular weight excluding hydrogens is 226 g/mol. The normalized spacial score (nSPS) is 10.2. The molecule has 0 atom stereocenters. The summed E-state index contributed by atoms with van der Waals surface area (Å²) in [4.78, 5) is 10.6. The lowest BCUT2D eigenvalue weighted by molar-refractivity contribution is 0.676. The molecule has 1 heterocycles. The Kier molecular flexibility index (Phi) is 5.92. The van der Waals surface area contributed by atoms with E-state index >= 15 is 0 Å². The Bertz CT molecular complexity index is 397. The monoisotopic (exact) mass is 247 g/mol. The standard InChI is InChI=1S/C13H21N5/c1-4-7-15-12-9-13(17-10-16-12)18(11(2)3)8-5-6-14/h9-11H,4-5,7-8H2,1-3H3,(H,15,16,17). The van der Waals surface area contributed by atoms with E-state index in [-0.39, 0.29) is 0 Å². The molecule has 0 unspecified atom stereocenters. The van der Waals surface area contributed by atoms with Crippen LogP contribution < -0.4 is 10.2 Å². The van der Waals surface area contributed by atoms with Crippen LogP contribution in [0, 0.1) is 11.3 Å². The number of nitriles is 1. The number of hydrogen-bond donors (Lipinski definition) is 1. The molecule has 0 aliphatic heterocycles. The van der Waals surface area contributed by atoms with Gasteiger partial charge in [0.1, 0.15) is 18.0 Å². The van der Waals surface area contributed by atoms with Gasteiger partial charge in [0.25, 0.3) is 0 Å². The van der Waals surface area contributed by atoms with E-state index in [4.69, 9.17) is 5.26 Å². The molecule has 5 heteroatoms. The van der Waals surface area contributed by atoms with Crippen molar-refractivity contribution in [2.45, 2.75) is 39.7 Å². The molecule has 0 fully saturated rings. The van der Waals surface area contributed by atoms with Crippen molar-refractivity contribution in [2.75, 3.05) is 23.3 Å². The molecule has 5 nitrogen and oxygen atoms in total. The van der Waals surface area contributed by atoms with E-state index in [0.717, 1.165) is 24.6 Å². The van der Waals surface area contributed by atoms with Crippen LogP contribution in [0.5, 0.6) is 0 Å². The molecule has 1 rings (SSSR count). The maximum atomic E-state index is 8.69. The first-order chi connectivity index (χ1) is 8.69. The molecule has 98 valence electrons. The predicted octanol–water partition coefficient (Wildman–Crippen LogP) is 2.43. The SMILES string of the molecule is CCCNc1cc(N(CCC#N)C(C)C)ncn1.